The highest BCUT2D eigenvalue weighted by atomic mass is 19.4. The Hall–Kier alpha value is -3.68. The Bertz CT molecular complexity index is 1420. The molecule has 0 saturated heterocycles. The second kappa shape index (κ2) is 11.2. The number of fused-ring (bicyclic) bond motifs is 1. The van der Waals surface area contributed by atoms with Gasteiger partial charge in [-0.3, -0.25) is 18.8 Å². The van der Waals surface area contributed by atoms with Gasteiger partial charge in [0, 0.05) is 38.3 Å². The van der Waals surface area contributed by atoms with Crippen LogP contribution in [0.3, 0.4) is 0 Å². The SMILES string of the molecule is [C-]#[N+]c1cccc(CN2CCc3c(c(=O)n(Cc4ccc(C(F)(F)F)cc4)c(=O)n3CCCCN)C2)c1. The van der Waals surface area contributed by atoms with Gasteiger partial charge in [0.05, 0.1) is 24.2 Å². The summed E-state index contributed by atoms with van der Waals surface area (Å²) in [6, 6.07) is 11.8. The van der Waals surface area contributed by atoms with Crippen LogP contribution >= 0.6 is 0 Å². The largest absolute Gasteiger partial charge is 0.416 e. The van der Waals surface area contributed by atoms with Crippen LogP contribution in [0.25, 0.3) is 4.85 Å². The van der Waals surface area contributed by atoms with E-state index in [4.69, 9.17) is 12.3 Å². The first kappa shape index (κ1) is 26.4. The molecule has 0 fully saturated rings. The van der Waals surface area contributed by atoms with Crippen LogP contribution in [0.1, 0.15) is 40.8 Å². The Labute approximate surface area is 212 Å². The maximum absolute atomic E-state index is 13.5. The highest BCUT2D eigenvalue weighted by Gasteiger charge is 2.30. The zero-order valence-corrected chi connectivity index (χ0v) is 20.3. The average Bonchev–Trinajstić information content (AvgIpc) is 2.88. The third-order valence-electron chi connectivity index (χ3n) is 6.59. The van der Waals surface area contributed by atoms with E-state index in [2.05, 4.69) is 9.74 Å². The minimum Gasteiger partial charge on any atom is -0.330 e. The zero-order valence-electron chi connectivity index (χ0n) is 20.3. The highest BCUT2D eigenvalue weighted by molar-refractivity contribution is 5.46. The van der Waals surface area contributed by atoms with Crippen LogP contribution in [-0.2, 0) is 38.8 Å². The minimum atomic E-state index is -4.46. The Morgan fingerprint density at radius 2 is 1.73 bits per heavy atom. The number of nitrogens with two attached hydrogens (primary N) is 1. The van der Waals surface area contributed by atoms with Gasteiger partial charge in [0.2, 0.25) is 0 Å². The summed E-state index contributed by atoms with van der Waals surface area (Å²) in [6.45, 7) is 9.54. The van der Waals surface area contributed by atoms with Crippen molar-refractivity contribution in [2.24, 2.45) is 5.73 Å². The number of alkyl halides is 3. The van der Waals surface area contributed by atoms with Crippen LogP contribution in [-0.4, -0.2) is 27.1 Å². The molecule has 3 aromatic rings. The smallest absolute Gasteiger partial charge is 0.330 e. The van der Waals surface area contributed by atoms with Gasteiger partial charge in [0.15, 0.2) is 5.69 Å². The molecule has 2 N–H and O–H groups in total. The van der Waals surface area contributed by atoms with Gasteiger partial charge in [0.1, 0.15) is 0 Å². The summed E-state index contributed by atoms with van der Waals surface area (Å²) < 4.78 is 41.6. The molecule has 2 heterocycles. The number of nitrogens with zero attached hydrogens (tertiary/aromatic N) is 4. The monoisotopic (exact) mass is 511 g/mol. The molecule has 0 amide bonds. The van der Waals surface area contributed by atoms with Crippen LogP contribution in [0.15, 0.2) is 58.1 Å². The maximum Gasteiger partial charge on any atom is 0.416 e. The van der Waals surface area contributed by atoms with Crippen molar-refractivity contribution in [1.82, 2.24) is 14.0 Å². The second-order valence-electron chi connectivity index (χ2n) is 9.18. The second-order valence-corrected chi connectivity index (χ2v) is 9.18. The number of benzene rings is 2. The molecule has 0 spiro atoms. The van der Waals surface area contributed by atoms with E-state index in [1.807, 2.05) is 18.2 Å². The van der Waals surface area contributed by atoms with E-state index in [1.165, 1.54) is 12.1 Å². The van der Waals surface area contributed by atoms with E-state index in [0.29, 0.717) is 68.1 Å². The Morgan fingerprint density at radius 3 is 2.41 bits per heavy atom. The molecule has 194 valence electrons. The fourth-order valence-corrected chi connectivity index (χ4v) is 4.69. The molecule has 37 heavy (non-hydrogen) atoms. The lowest BCUT2D eigenvalue weighted by Crippen LogP contribution is -2.47. The third-order valence-corrected chi connectivity index (χ3v) is 6.59. The fourth-order valence-electron chi connectivity index (χ4n) is 4.69. The lowest BCUT2D eigenvalue weighted by atomic mass is 10.0. The molecule has 0 radical (unpaired) electrons. The molecule has 0 unspecified atom stereocenters. The lowest BCUT2D eigenvalue weighted by molar-refractivity contribution is -0.137. The van der Waals surface area contributed by atoms with E-state index in [-0.39, 0.29) is 6.54 Å². The normalized spacial score (nSPS) is 13.8. The van der Waals surface area contributed by atoms with Gasteiger partial charge < -0.3 is 5.73 Å². The number of aromatic nitrogens is 2. The summed E-state index contributed by atoms with van der Waals surface area (Å²) in [5.41, 5.74) is 7.13. The fraction of sp³-hybridized carbons (Fsp3) is 0.370. The van der Waals surface area contributed by atoms with E-state index >= 15 is 0 Å². The third kappa shape index (κ3) is 6.01. The van der Waals surface area contributed by atoms with Crippen molar-refractivity contribution in [3.05, 3.63) is 109 Å². The number of halogens is 3. The van der Waals surface area contributed by atoms with Crippen LogP contribution in [0, 0.1) is 6.57 Å². The maximum atomic E-state index is 13.5. The van der Waals surface area contributed by atoms with Crippen LogP contribution < -0.4 is 17.0 Å². The van der Waals surface area contributed by atoms with E-state index in [1.54, 1.807) is 10.6 Å². The topological polar surface area (TPSA) is 77.6 Å². The molecule has 4 rings (SSSR count). The number of unbranched alkanes of at least 4 members (excludes halogenated alkanes) is 1. The Morgan fingerprint density at radius 1 is 0.973 bits per heavy atom. The molecule has 2 aromatic carbocycles. The molecule has 0 saturated carbocycles. The van der Waals surface area contributed by atoms with E-state index in [9.17, 15) is 22.8 Å². The molecule has 1 aromatic heterocycles. The summed E-state index contributed by atoms with van der Waals surface area (Å²) in [6.07, 6.45) is -2.54. The van der Waals surface area contributed by atoms with Gasteiger partial charge >= 0.3 is 11.9 Å². The zero-order chi connectivity index (χ0) is 26.6. The standard InChI is InChI=1S/C27H28F3N5O2/c1-32-22-6-4-5-20(15-22)16-33-14-11-24-23(18-33)25(36)35(26(37)34(24)13-3-2-12-31)17-19-7-9-21(10-8-19)27(28,29)30/h4-10,15H,2-3,11-14,16-18,31H2. The molecule has 10 heteroatoms. The van der Waals surface area contributed by atoms with Crippen molar-refractivity contribution in [2.45, 2.75) is 51.6 Å². The average molecular weight is 512 g/mol. The van der Waals surface area contributed by atoms with Crippen molar-refractivity contribution in [1.29, 1.82) is 0 Å². The predicted octanol–water partition coefficient (Wildman–Crippen LogP) is 3.93. The van der Waals surface area contributed by atoms with Crippen molar-refractivity contribution >= 4 is 5.69 Å². The summed E-state index contributed by atoms with van der Waals surface area (Å²) in [4.78, 5) is 32.5. The van der Waals surface area contributed by atoms with E-state index in [0.717, 1.165) is 28.7 Å². The highest BCUT2D eigenvalue weighted by Crippen LogP contribution is 2.29. The molecule has 0 aliphatic carbocycles. The molecule has 1 aliphatic rings. The molecular weight excluding hydrogens is 483 g/mol. The molecule has 0 atom stereocenters. The van der Waals surface area contributed by atoms with Crippen molar-refractivity contribution in [3.63, 3.8) is 0 Å². The summed E-state index contributed by atoms with van der Waals surface area (Å²) in [5, 5.41) is 0. The van der Waals surface area contributed by atoms with Crippen LogP contribution in [0.5, 0.6) is 0 Å². The van der Waals surface area contributed by atoms with Gasteiger partial charge in [0.25, 0.3) is 5.56 Å². The minimum absolute atomic E-state index is 0.118. The first-order valence-corrected chi connectivity index (χ1v) is 12.1. The summed E-state index contributed by atoms with van der Waals surface area (Å²) >= 11 is 0. The summed E-state index contributed by atoms with van der Waals surface area (Å²) in [7, 11) is 0. The molecule has 7 nitrogen and oxygen atoms in total. The van der Waals surface area contributed by atoms with Crippen molar-refractivity contribution in [2.75, 3.05) is 13.1 Å². The predicted molar refractivity (Wildman–Crippen MR) is 134 cm³/mol. The van der Waals surface area contributed by atoms with Gasteiger partial charge in [-0.2, -0.15) is 13.2 Å². The van der Waals surface area contributed by atoms with E-state index < -0.39 is 23.0 Å². The quantitative estimate of drug-likeness (QED) is 0.367. The first-order chi connectivity index (χ1) is 17.7. The molecular formula is C27H28F3N5O2. The Balaban J connectivity index is 1.68. The van der Waals surface area contributed by atoms with Crippen LogP contribution in [0.2, 0.25) is 0 Å². The lowest BCUT2D eigenvalue weighted by Gasteiger charge is -2.30. The van der Waals surface area contributed by atoms with Crippen LogP contribution in [0.4, 0.5) is 18.9 Å². The van der Waals surface area contributed by atoms with Gasteiger partial charge in [-0.25, -0.2) is 9.64 Å². The van der Waals surface area contributed by atoms with Gasteiger partial charge in [-0.05, 0) is 42.6 Å². The molecule has 0 bridgehead atoms. The number of rotatable bonds is 8. The van der Waals surface area contributed by atoms with Gasteiger partial charge in [-0.1, -0.05) is 36.4 Å². The molecule has 1 aliphatic heterocycles. The van der Waals surface area contributed by atoms with Crippen molar-refractivity contribution < 1.29 is 13.2 Å². The summed E-state index contributed by atoms with van der Waals surface area (Å²) in [5.74, 6) is 0. The first-order valence-electron chi connectivity index (χ1n) is 12.1. The number of hydrogen-bond donors (Lipinski definition) is 1. The van der Waals surface area contributed by atoms with Gasteiger partial charge in [-0.15, -0.1) is 0 Å². The van der Waals surface area contributed by atoms with Crippen molar-refractivity contribution in [3.8, 4) is 0 Å². The number of hydrogen-bond acceptors (Lipinski definition) is 4. The Kier molecular flexibility index (Phi) is 7.95.